The van der Waals surface area contributed by atoms with Crippen molar-refractivity contribution in [2.75, 3.05) is 13.2 Å². The van der Waals surface area contributed by atoms with Crippen molar-refractivity contribution in [2.24, 2.45) is 0 Å². The molecule has 0 bridgehead atoms. The molecule has 1 aromatic carbocycles. The molecule has 0 aliphatic rings. The van der Waals surface area contributed by atoms with Crippen LogP contribution >= 0.6 is 22.7 Å². The van der Waals surface area contributed by atoms with Gasteiger partial charge in [-0.1, -0.05) is 17.7 Å². The summed E-state index contributed by atoms with van der Waals surface area (Å²) < 4.78 is 5.59. The van der Waals surface area contributed by atoms with Gasteiger partial charge in [-0.05, 0) is 30.5 Å². The first kappa shape index (κ1) is 16.7. The predicted octanol–water partition coefficient (Wildman–Crippen LogP) is 3.92. The first-order valence-corrected chi connectivity index (χ1v) is 9.46. The van der Waals surface area contributed by atoms with E-state index in [4.69, 9.17) is 4.74 Å². The van der Waals surface area contributed by atoms with E-state index in [2.05, 4.69) is 15.7 Å². The molecule has 124 valence electrons. The summed E-state index contributed by atoms with van der Waals surface area (Å²) in [6, 6.07) is 9.90. The maximum absolute atomic E-state index is 12.0. The molecule has 0 aliphatic carbocycles. The molecule has 6 heteroatoms. The molecule has 0 fully saturated rings. The molecule has 3 rings (SSSR count). The number of carbonyl (C=O) groups is 1. The largest absolute Gasteiger partial charge is 0.492 e. The zero-order valence-electron chi connectivity index (χ0n) is 13.3. The van der Waals surface area contributed by atoms with Crippen molar-refractivity contribution in [1.29, 1.82) is 0 Å². The number of amides is 1. The van der Waals surface area contributed by atoms with E-state index in [0.717, 1.165) is 22.0 Å². The first-order chi connectivity index (χ1) is 11.7. The highest BCUT2D eigenvalue weighted by Gasteiger charge is 2.09. The van der Waals surface area contributed by atoms with Crippen LogP contribution in [0.2, 0.25) is 0 Å². The Hall–Kier alpha value is -2.18. The Kier molecular flexibility index (Phi) is 5.61. The molecule has 0 radical (unpaired) electrons. The maximum Gasteiger partial charge on any atom is 0.226 e. The molecule has 1 N–H and O–H groups in total. The SMILES string of the molecule is Cc1ccc(OCCNC(=O)Cc2csc(-c3ccsc3)n2)cc1. The molecule has 2 aromatic heterocycles. The van der Waals surface area contributed by atoms with Crippen molar-refractivity contribution in [1.82, 2.24) is 10.3 Å². The van der Waals surface area contributed by atoms with Gasteiger partial charge in [-0.2, -0.15) is 11.3 Å². The fourth-order valence-electron chi connectivity index (χ4n) is 2.13. The van der Waals surface area contributed by atoms with Crippen molar-refractivity contribution in [2.45, 2.75) is 13.3 Å². The minimum atomic E-state index is -0.0373. The van der Waals surface area contributed by atoms with Crippen molar-refractivity contribution >= 4 is 28.6 Å². The quantitative estimate of drug-likeness (QED) is 0.651. The zero-order chi connectivity index (χ0) is 16.8. The molecule has 0 saturated heterocycles. The molecule has 0 spiro atoms. The Labute approximate surface area is 149 Å². The Morgan fingerprint density at radius 2 is 2.04 bits per heavy atom. The second-order valence-electron chi connectivity index (χ2n) is 5.34. The number of ether oxygens (including phenoxy) is 1. The van der Waals surface area contributed by atoms with Crippen molar-refractivity contribution in [3.63, 3.8) is 0 Å². The molecule has 0 atom stereocenters. The van der Waals surface area contributed by atoms with Gasteiger partial charge < -0.3 is 10.1 Å². The zero-order valence-corrected chi connectivity index (χ0v) is 15.0. The number of hydrogen-bond acceptors (Lipinski definition) is 5. The van der Waals surface area contributed by atoms with E-state index in [1.165, 1.54) is 5.56 Å². The predicted molar refractivity (Wildman–Crippen MR) is 98.8 cm³/mol. The average molecular weight is 358 g/mol. The lowest BCUT2D eigenvalue weighted by atomic mass is 10.2. The molecule has 24 heavy (non-hydrogen) atoms. The summed E-state index contributed by atoms with van der Waals surface area (Å²) in [5.41, 5.74) is 3.11. The summed E-state index contributed by atoms with van der Waals surface area (Å²) in [5.74, 6) is 0.777. The Morgan fingerprint density at radius 1 is 1.21 bits per heavy atom. The fraction of sp³-hybridized carbons (Fsp3) is 0.222. The normalized spacial score (nSPS) is 10.5. The van der Waals surface area contributed by atoms with Gasteiger partial charge in [0, 0.05) is 16.3 Å². The van der Waals surface area contributed by atoms with Gasteiger partial charge in [0.2, 0.25) is 5.91 Å². The molecule has 3 aromatic rings. The van der Waals surface area contributed by atoms with Gasteiger partial charge in [0.25, 0.3) is 0 Å². The van der Waals surface area contributed by atoms with Crippen LogP contribution in [0.1, 0.15) is 11.3 Å². The molecule has 0 saturated carbocycles. The summed E-state index contributed by atoms with van der Waals surface area (Å²) in [4.78, 5) is 16.5. The van der Waals surface area contributed by atoms with Gasteiger partial charge >= 0.3 is 0 Å². The van der Waals surface area contributed by atoms with Gasteiger partial charge in [0.05, 0.1) is 18.7 Å². The van der Waals surface area contributed by atoms with Gasteiger partial charge in [-0.15, -0.1) is 11.3 Å². The number of nitrogens with one attached hydrogen (secondary N) is 1. The summed E-state index contributed by atoms with van der Waals surface area (Å²) >= 11 is 3.21. The number of aryl methyl sites for hydroxylation is 1. The fourth-order valence-corrected chi connectivity index (χ4v) is 3.66. The van der Waals surface area contributed by atoms with Crippen LogP contribution in [0.15, 0.2) is 46.5 Å². The molecule has 2 heterocycles. The third-order valence-corrected chi connectivity index (χ3v) is 5.00. The van der Waals surface area contributed by atoms with E-state index in [-0.39, 0.29) is 5.91 Å². The van der Waals surface area contributed by atoms with E-state index >= 15 is 0 Å². The highest BCUT2D eigenvalue weighted by Crippen LogP contribution is 2.25. The van der Waals surface area contributed by atoms with Crippen LogP contribution in [-0.2, 0) is 11.2 Å². The topological polar surface area (TPSA) is 51.2 Å². The van der Waals surface area contributed by atoms with Crippen LogP contribution in [0, 0.1) is 6.92 Å². The molecular weight excluding hydrogens is 340 g/mol. The molecule has 1 amide bonds. The lowest BCUT2D eigenvalue weighted by Gasteiger charge is -2.07. The van der Waals surface area contributed by atoms with E-state index < -0.39 is 0 Å². The molecule has 0 aliphatic heterocycles. The second kappa shape index (κ2) is 8.08. The first-order valence-electron chi connectivity index (χ1n) is 7.64. The Bertz CT molecular complexity index is 780. The number of benzene rings is 1. The smallest absolute Gasteiger partial charge is 0.226 e. The lowest BCUT2D eigenvalue weighted by molar-refractivity contribution is -0.120. The average Bonchev–Trinajstić information content (AvgIpc) is 3.24. The highest BCUT2D eigenvalue weighted by atomic mass is 32.1. The molecule has 4 nitrogen and oxygen atoms in total. The number of rotatable bonds is 7. The van der Waals surface area contributed by atoms with E-state index in [1.807, 2.05) is 48.0 Å². The van der Waals surface area contributed by atoms with E-state index in [9.17, 15) is 4.79 Å². The second-order valence-corrected chi connectivity index (χ2v) is 6.98. The Morgan fingerprint density at radius 3 is 2.79 bits per heavy atom. The summed E-state index contributed by atoms with van der Waals surface area (Å²) in [7, 11) is 0. The Balaban J connectivity index is 1.40. The number of thiazole rings is 1. The van der Waals surface area contributed by atoms with Gasteiger partial charge in [0.1, 0.15) is 17.4 Å². The highest BCUT2D eigenvalue weighted by molar-refractivity contribution is 7.14. The standard InChI is InChI=1S/C18H18N2O2S2/c1-13-2-4-16(5-3-13)22-8-7-19-17(21)10-15-12-24-18(20-15)14-6-9-23-11-14/h2-6,9,11-12H,7-8,10H2,1H3,(H,19,21). The van der Waals surface area contributed by atoms with E-state index in [0.29, 0.717) is 19.6 Å². The van der Waals surface area contributed by atoms with E-state index in [1.54, 1.807) is 22.7 Å². The van der Waals surface area contributed by atoms with Crippen LogP contribution in [0.4, 0.5) is 0 Å². The van der Waals surface area contributed by atoms with Crippen molar-refractivity contribution in [3.05, 3.63) is 57.7 Å². The summed E-state index contributed by atoms with van der Waals surface area (Å²) in [6.45, 7) is 2.96. The van der Waals surface area contributed by atoms with Crippen LogP contribution in [0.25, 0.3) is 10.6 Å². The molecule has 0 unspecified atom stereocenters. The third-order valence-electron chi connectivity index (χ3n) is 3.38. The maximum atomic E-state index is 12.0. The number of aromatic nitrogens is 1. The minimum absolute atomic E-state index is 0.0373. The molecular formula is C18H18N2O2S2. The number of carbonyl (C=O) groups excluding carboxylic acids is 1. The number of hydrogen-bond donors (Lipinski definition) is 1. The van der Waals surface area contributed by atoms with Crippen LogP contribution < -0.4 is 10.1 Å². The van der Waals surface area contributed by atoms with Crippen molar-refractivity contribution < 1.29 is 9.53 Å². The van der Waals surface area contributed by atoms with Crippen molar-refractivity contribution in [3.8, 4) is 16.3 Å². The monoisotopic (exact) mass is 358 g/mol. The van der Waals surface area contributed by atoms with Gasteiger partial charge in [0.15, 0.2) is 0 Å². The van der Waals surface area contributed by atoms with Gasteiger partial charge in [-0.3, -0.25) is 4.79 Å². The third kappa shape index (κ3) is 4.66. The van der Waals surface area contributed by atoms with Crippen LogP contribution in [0.3, 0.4) is 0 Å². The number of thiophene rings is 1. The van der Waals surface area contributed by atoms with Gasteiger partial charge in [-0.25, -0.2) is 4.98 Å². The van der Waals surface area contributed by atoms with Crippen LogP contribution in [-0.4, -0.2) is 24.0 Å². The summed E-state index contributed by atoms with van der Waals surface area (Å²) in [5, 5.41) is 9.84. The van der Waals surface area contributed by atoms with Crippen LogP contribution in [0.5, 0.6) is 5.75 Å². The number of nitrogens with zero attached hydrogens (tertiary/aromatic N) is 1. The minimum Gasteiger partial charge on any atom is -0.492 e. The summed E-state index contributed by atoms with van der Waals surface area (Å²) in [6.07, 6.45) is 0.297. The lowest BCUT2D eigenvalue weighted by Crippen LogP contribution is -2.29.